The highest BCUT2D eigenvalue weighted by Gasteiger charge is 2.16. The van der Waals surface area contributed by atoms with Crippen LogP contribution in [0.5, 0.6) is 0 Å². The van der Waals surface area contributed by atoms with Crippen LogP contribution >= 0.6 is 93.2 Å². The minimum atomic E-state index is 0.147. The summed E-state index contributed by atoms with van der Waals surface area (Å²) < 4.78 is 5.07. The summed E-state index contributed by atoms with van der Waals surface area (Å²) in [4.78, 5) is 8.79. The molecule has 0 aliphatic rings. The quantitative estimate of drug-likeness (QED) is 0.327. The number of hydrogen-bond donors (Lipinski definition) is 0. The Labute approximate surface area is 152 Å². The van der Waals surface area contributed by atoms with Crippen molar-refractivity contribution < 1.29 is 0 Å². The second-order valence-corrected chi connectivity index (χ2v) is 8.67. The highest BCUT2D eigenvalue weighted by atomic mass is 35.5. The molecular weight excluding hydrogens is 420 g/mol. The summed E-state index contributed by atoms with van der Waals surface area (Å²) in [5, 5.41) is 2.36. The van der Waals surface area contributed by atoms with Crippen LogP contribution in [0.3, 0.4) is 0 Å². The van der Waals surface area contributed by atoms with Crippen molar-refractivity contribution in [2.75, 3.05) is 11.3 Å². The number of thioether (sulfide) groups is 3. The average molecular weight is 425 g/mol. The van der Waals surface area contributed by atoms with Crippen LogP contribution < -0.4 is 0 Å². The zero-order valence-corrected chi connectivity index (χ0v) is 16.0. The Hall–Kier alpha value is 0.920. The van der Waals surface area contributed by atoms with E-state index < -0.39 is 0 Å². The van der Waals surface area contributed by atoms with Gasteiger partial charge in [-0.05, 0) is 17.8 Å². The topological polar surface area (TPSA) is 38.7 Å². The van der Waals surface area contributed by atoms with Gasteiger partial charge in [-0.25, -0.2) is 9.97 Å². The number of halogens is 4. The second kappa shape index (κ2) is 7.97. The maximum atomic E-state index is 6.08. The maximum absolute atomic E-state index is 6.08. The molecule has 0 aliphatic heterocycles. The van der Waals surface area contributed by atoms with Gasteiger partial charge in [-0.3, -0.25) is 0 Å². The summed E-state index contributed by atoms with van der Waals surface area (Å²) in [6.07, 6.45) is 1.94. The molecule has 20 heavy (non-hydrogen) atoms. The van der Waals surface area contributed by atoms with Crippen molar-refractivity contribution >= 4 is 93.2 Å². The molecule has 2 rings (SSSR count). The van der Waals surface area contributed by atoms with E-state index in [1.54, 1.807) is 11.8 Å². The monoisotopic (exact) mass is 423 g/mol. The molecule has 2 aromatic heterocycles. The Kier molecular flexibility index (Phi) is 6.88. The van der Waals surface area contributed by atoms with E-state index in [-0.39, 0.29) is 10.3 Å². The van der Waals surface area contributed by atoms with Gasteiger partial charge in [0.25, 0.3) is 0 Å². The first-order valence-corrected chi connectivity index (χ1v) is 10.3. The number of rotatable bonds is 5. The summed E-state index contributed by atoms with van der Waals surface area (Å²) in [5.74, 6) is 0. The molecule has 0 amide bonds. The van der Waals surface area contributed by atoms with Crippen molar-refractivity contribution in [2.24, 2.45) is 0 Å². The molecule has 0 aromatic carbocycles. The Morgan fingerprint density at radius 2 is 1.65 bits per heavy atom. The van der Waals surface area contributed by atoms with E-state index >= 15 is 0 Å². The molecule has 0 spiro atoms. The lowest BCUT2D eigenvalue weighted by molar-refractivity contribution is 1.02. The molecule has 2 aromatic rings. The largest absolute Gasteiger partial charge is 0.221 e. The molecule has 108 valence electrons. The van der Waals surface area contributed by atoms with Crippen molar-refractivity contribution in [1.82, 2.24) is 14.3 Å². The first-order chi connectivity index (χ1) is 9.52. The molecule has 11 heteroatoms. The molecule has 0 N–H and O–H groups in total. The Balaban J connectivity index is 2.04. The molecule has 0 saturated heterocycles. The first-order valence-electron chi connectivity index (χ1n) is 4.86. The third-order valence-corrected chi connectivity index (χ3v) is 7.34. The Morgan fingerprint density at radius 3 is 2.20 bits per heavy atom. The minimum Gasteiger partial charge on any atom is -0.221 e. The maximum Gasteiger partial charge on any atom is 0.200 e. The molecule has 0 atom stereocenters. The van der Waals surface area contributed by atoms with Crippen molar-refractivity contribution in [2.45, 2.75) is 14.4 Å². The van der Waals surface area contributed by atoms with Crippen molar-refractivity contribution in [1.29, 1.82) is 0 Å². The molecule has 2 heterocycles. The van der Waals surface area contributed by atoms with E-state index in [1.165, 1.54) is 35.1 Å². The van der Waals surface area contributed by atoms with E-state index in [2.05, 4.69) is 14.3 Å². The van der Waals surface area contributed by atoms with Gasteiger partial charge in [0.1, 0.15) is 0 Å². The lowest BCUT2D eigenvalue weighted by Gasteiger charge is -2.08. The van der Waals surface area contributed by atoms with Crippen LogP contribution in [0.2, 0.25) is 20.4 Å². The van der Waals surface area contributed by atoms with E-state index in [9.17, 15) is 0 Å². The van der Waals surface area contributed by atoms with Gasteiger partial charge in [-0.15, -0.1) is 11.8 Å². The number of pyridine rings is 1. The second-order valence-electron chi connectivity index (χ2n) is 3.10. The van der Waals surface area contributed by atoms with Crippen molar-refractivity contribution in [3.63, 3.8) is 0 Å². The zero-order chi connectivity index (χ0) is 14.7. The summed E-state index contributed by atoms with van der Waals surface area (Å²) >= 11 is 29.8. The Bertz CT molecular complexity index is 595. The van der Waals surface area contributed by atoms with E-state index in [0.717, 1.165) is 9.50 Å². The highest BCUT2D eigenvalue weighted by Crippen LogP contribution is 2.42. The van der Waals surface area contributed by atoms with E-state index in [0.29, 0.717) is 20.0 Å². The smallest absolute Gasteiger partial charge is 0.200 e. The first kappa shape index (κ1) is 17.3. The van der Waals surface area contributed by atoms with E-state index in [1.807, 2.05) is 6.26 Å². The summed E-state index contributed by atoms with van der Waals surface area (Å²) in [7, 11) is 0. The fourth-order valence-corrected chi connectivity index (χ4v) is 5.73. The summed E-state index contributed by atoms with van der Waals surface area (Å²) in [5.41, 5.74) is 0. The predicted octanol–water partition coefficient (Wildman–Crippen LogP) is 6.11. The van der Waals surface area contributed by atoms with Crippen LogP contribution in [0.25, 0.3) is 0 Å². The lowest BCUT2D eigenvalue weighted by atomic mass is 10.5. The SMILES string of the molecule is CSc1nsc(SCSc2c(Cl)c(Cl)nc(Cl)c2Cl)n1. The number of nitrogens with zero attached hydrogens (tertiary/aromatic N) is 3. The molecular formula is C9H5Cl4N3S4. The zero-order valence-electron chi connectivity index (χ0n) is 9.69. The predicted molar refractivity (Wildman–Crippen MR) is 92.5 cm³/mol. The van der Waals surface area contributed by atoms with Crippen LogP contribution in [0.4, 0.5) is 0 Å². The highest BCUT2D eigenvalue weighted by molar-refractivity contribution is 8.16. The summed E-state index contributed by atoms with van der Waals surface area (Å²) in [6, 6.07) is 0. The van der Waals surface area contributed by atoms with Gasteiger partial charge in [0.2, 0.25) is 5.16 Å². The molecule has 3 nitrogen and oxygen atoms in total. The molecule has 0 unspecified atom stereocenters. The van der Waals surface area contributed by atoms with Gasteiger partial charge in [-0.1, -0.05) is 69.9 Å². The number of hydrogen-bond acceptors (Lipinski definition) is 7. The fourth-order valence-electron chi connectivity index (χ4n) is 1.07. The molecule has 0 radical (unpaired) electrons. The van der Waals surface area contributed by atoms with Crippen LogP contribution in [-0.2, 0) is 0 Å². The van der Waals surface area contributed by atoms with Crippen LogP contribution in [-0.4, -0.2) is 25.7 Å². The minimum absolute atomic E-state index is 0.147. The lowest BCUT2D eigenvalue weighted by Crippen LogP contribution is -1.86. The average Bonchev–Trinajstić information content (AvgIpc) is 2.88. The normalized spacial score (nSPS) is 11.1. The third-order valence-electron chi connectivity index (χ3n) is 1.91. The standard InChI is InChI=1S/C9H5Cl4N3S4/c1-17-8-15-9(20-16-8)19-2-18-5-3(10)6(12)14-7(13)4(5)11/h2H2,1H3. The van der Waals surface area contributed by atoms with Gasteiger partial charge >= 0.3 is 0 Å². The van der Waals surface area contributed by atoms with Crippen LogP contribution in [0.15, 0.2) is 14.4 Å². The molecule has 0 aliphatic carbocycles. The van der Waals surface area contributed by atoms with Crippen molar-refractivity contribution in [3.05, 3.63) is 20.4 Å². The van der Waals surface area contributed by atoms with Gasteiger partial charge < -0.3 is 0 Å². The fraction of sp³-hybridized carbons (Fsp3) is 0.222. The molecule has 0 bridgehead atoms. The van der Waals surface area contributed by atoms with Gasteiger partial charge in [0.15, 0.2) is 14.6 Å². The van der Waals surface area contributed by atoms with Gasteiger partial charge in [0.05, 0.1) is 20.0 Å². The van der Waals surface area contributed by atoms with Gasteiger partial charge in [-0.2, -0.15) is 4.37 Å². The molecule has 0 fully saturated rings. The third kappa shape index (κ3) is 4.23. The van der Waals surface area contributed by atoms with Gasteiger partial charge in [0, 0.05) is 0 Å². The molecule has 0 saturated carbocycles. The Morgan fingerprint density at radius 1 is 1.00 bits per heavy atom. The van der Waals surface area contributed by atoms with Crippen molar-refractivity contribution in [3.8, 4) is 0 Å². The van der Waals surface area contributed by atoms with Crippen LogP contribution in [0.1, 0.15) is 0 Å². The van der Waals surface area contributed by atoms with E-state index in [4.69, 9.17) is 46.4 Å². The number of aromatic nitrogens is 3. The summed E-state index contributed by atoms with van der Waals surface area (Å²) in [6.45, 7) is 0. The van der Waals surface area contributed by atoms with Crippen LogP contribution in [0, 0.1) is 0 Å².